The molecule has 7 nitrogen and oxygen atoms in total. The van der Waals surface area contributed by atoms with Crippen molar-refractivity contribution in [1.82, 2.24) is 9.80 Å². The highest BCUT2D eigenvalue weighted by Gasteiger charge is 2.58. The Kier molecular flexibility index (Phi) is 7.31. The molecule has 9 heteroatoms. The largest absolute Gasteiger partial charge is 0.444 e. The van der Waals surface area contributed by atoms with Gasteiger partial charge in [-0.15, -0.1) is 0 Å². The molecular weight excluding hydrogens is 494 g/mol. The molecule has 4 atom stereocenters. The second-order valence-corrected chi connectivity index (χ2v) is 11.7. The summed E-state index contributed by atoms with van der Waals surface area (Å²) in [5, 5.41) is 11.8. The predicted octanol–water partition coefficient (Wildman–Crippen LogP) is 4.76. The van der Waals surface area contributed by atoms with Crippen LogP contribution < -0.4 is 0 Å². The number of carbonyl (C=O) groups is 2. The summed E-state index contributed by atoms with van der Waals surface area (Å²) in [6.07, 6.45) is -1.18. The van der Waals surface area contributed by atoms with Gasteiger partial charge in [-0.3, -0.25) is 9.69 Å². The Bertz CT molecular complexity index is 1180. The Morgan fingerprint density at radius 2 is 1.71 bits per heavy atom. The van der Waals surface area contributed by atoms with E-state index in [9.17, 15) is 23.5 Å². The van der Waals surface area contributed by atoms with Crippen LogP contribution in [0.25, 0.3) is 0 Å². The third-order valence-electron chi connectivity index (χ3n) is 7.12. The molecule has 2 fully saturated rings. The van der Waals surface area contributed by atoms with Crippen LogP contribution in [0.4, 0.5) is 13.6 Å². The van der Waals surface area contributed by atoms with Crippen molar-refractivity contribution in [2.24, 2.45) is 0 Å². The van der Waals surface area contributed by atoms with Gasteiger partial charge < -0.3 is 19.5 Å². The normalized spacial score (nSPS) is 27.0. The summed E-state index contributed by atoms with van der Waals surface area (Å²) in [5.74, 6) is -1.72. The van der Waals surface area contributed by atoms with E-state index in [0.29, 0.717) is 11.1 Å². The van der Waals surface area contributed by atoms with Crippen molar-refractivity contribution in [2.45, 2.75) is 89.5 Å². The number of carbonyl (C=O) groups excluding carboxylic acids is 2. The predicted molar refractivity (Wildman–Crippen MR) is 137 cm³/mol. The molecule has 0 aromatic heterocycles. The topological polar surface area (TPSA) is 79.3 Å². The monoisotopic (exact) mass is 530 g/mol. The number of aliphatic hydroxyl groups is 1. The van der Waals surface area contributed by atoms with E-state index < -0.39 is 52.8 Å². The van der Waals surface area contributed by atoms with Crippen molar-refractivity contribution in [3.63, 3.8) is 0 Å². The van der Waals surface area contributed by atoms with Gasteiger partial charge in [0.2, 0.25) is 5.91 Å². The highest BCUT2D eigenvalue weighted by Crippen LogP contribution is 2.44. The quantitative estimate of drug-likeness (QED) is 0.617. The van der Waals surface area contributed by atoms with Gasteiger partial charge in [0, 0.05) is 19.4 Å². The van der Waals surface area contributed by atoms with Crippen molar-refractivity contribution in [3.05, 3.63) is 71.3 Å². The zero-order valence-electron chi connectivity index (χ0n) is 22.7. The molecule has 0 saturated carbocycles. The van der Waals surface area contributed by atoms with E-state index in [-0.39, 0.29) is 25.3 Å². The number of nitrogens with zero attached hydrogens (tertiary/aromatic N) is 2. The first-order valence-electron chi connectivity index (χ1n) is 12.8. The molecule has 2 aromatic rings. The Labute approximate surface area is 222 Å². The lowest BCUT2D eigenvalue weighted by Crippen LogP contribution is -2.52. The van der Waals surface area contributed by atoms with Crippen LogP contribution in [-0.2, 0) is 26.3 Å². The average Bonchev–Trinajstić information content (AvgIpc) is 3.27. The minimum Gasteiger partial charge on any atom is -0.444 e. The van der Waals surface area contributed by atoms with Crippen LogP contribution in [0.15, 0.2) is 48.5 Å². The number of benzene rings is 2. The molecule has 4 rings (SSSR count). The lowest BCUT2D eigenvalue weighted by atomic mass is 9.87. The molecule has 0 bridgehead atoms. The Morgan fingerprint density at radius 3 is 2.26 bits per heavy atom. The maximum Gasteiger partial charge on any atom is 0.410 e. The minimum absolute atomic E-state index is 0.0434. The maximum absolute atomic E-state index is 14.1. The van der Waals surface area contributed by atoms with E-state index in [1.165, 1.54) is 24.0 Å². The standard InChI is InChI=1S/C29H36F2N2O5/c1-18(34)33-23(14-19-12-21(30)15-22(31)13-19)25(37-28(33,5)6)24-16-29(36,20-10-8-7-9-11-20)17-32(24)26(35)38-27(2,3)4/h7-13,15,23-25,36H,14,16-17H2,1-6H3. The van der Waals surface area contributed by atoms with Gasteiger partial charge in [0.05, 0.1) is 18.6 Å². The number of rotatable bonds is 4. The summed E-state index contributed by atoms with van der Waals surface area (Å²) in [5.41, 5.74) is -2.25. The maximum atomic E-state index is 14.1. The molecule has 0 radical (unpaired) electrons. The average molecular weight is 531 g/mol. The second kappa shape index (κ2) is 9.93. The van der Waals surface area contributed by atoms with Crippen LogP contribution in [0.1, 0.15) is 59.1 Å². The number of likely N-dealkylation sites (tertiary alicyclic amines) is 1. The lowest BCUT2D eigenvalue weighted by Gasteiger charge is -2.34. The van der Waals surface area contributed by atoms with Gasteiger partial charge >= 0.3 is 6.09 Å². The highest BCUT2D eigenvalue weighted by atomic mass is 19.1. The number of halogens is 2. The summed E-state index contributed by atoms with van der Waals surface area (Å²) in [6, 6.07) is 10.9. The van der Waals surface area contributed by atoms with Crippen molar-refractivity contribution in [1.29, 1.82) is 0 Å². The third-order valence-corrected chi connectivity index (χ3v) is 7.12. The first-order valence-corrected chi connectivity index (χ1v) is 12.8. The van der Waals surface area contributed by atoms with Gasteiger partial charge in [0.1, 0.15) is 34.7 Å². The molecule has 2 aromatic carbocycles. The van der Waals surface area contributed by atoms with Gasteiger partial charge in [-0.1, -0.05) is 30.3 Å². The Hall–Kier alpha value is -3.04. The molecule has 1 N–H and O–H groups in total. The third kappa shape index (κ3) is 5.68. The summed E-state index contributed by atoms with van der Waals surface area (Å²) in [4.78, 5) is 29.3. The number of β-amino-alcohol motifs (C(OH)–C–C–N with tert-alkyl or cyclic N) is 1. The molecule has 2 aliphatic rings. The molecule has 2 saturated heterocycles. The van der Waals surface area contributed by atoms with E-state index in [1.54, 1.807) is 51.7 Å². The zero-order chi connectivity index (χ0) is 28.0. The highest BCUT2D eigenvalue weighted by molar-refractivity contribution is 5.75. The molecule has 0 spiro atoms. The van der Waals surface area contributed by atoms with Crippen molar-refractivity contribution in [3.8, 4) is 0 Å². The minimum atomic E-state index is -1.39. The summed E-state index contributed by atoms with van der Waals surface area (Å²) in [7, 11) is 0. The van der Waals surface area contributed by atoms with Crippen LogP contribution in [0.2, 0.25) is 0 Å². The molecule has 2 amide bonds. The zero-order valence-corrected chi connectivity index (χ0v) is 22.7. The van der Waals surface area contributed by atoms with Gasteiger partial charge in [-0.05, 0) is 64.3 Å². The van der Waals surface area contributed by atoms with E-state index in [4.69, 9.17) is 9.47 Å². The summed E-state index contributed by atoms with van der Waals surface area (Å²) >= 11 is 0. The summed E-state index contributed by atoms with van der Waals surface area (Å²) < 4.78 is 40.3. The first-order chi connectivity index (χ1) is 17.6. The van der Waals surface area contributed by atoms with Gasteiger partial charge in [-0.2, -0.15) is 0 Å². The van der Waals surface area contributed by atoms with Gasteiger partial charge in [-0.25, -0.2) is 13.6 Å². The van der Waals surface area contributed by atoms with Gasteiger partial charge in [0.15, 0.2) is 0 Å². The van der Waals surface area contributed by atoms with Crippen LogP contribution in [0.3, 0.4) is 0 Å². The fourth-order valence-electron chi connectivity index (χ4n) is 5.83. The molecule has 0 aliphatic carbocycles. The van der Waals surface area contributed by atoms with Gasteiger partial charge in [0.25, 0.3) is 0 Å². The number of amides is 2. The van der Waals surface area contributed by atoms with Crippen LogP contribution in [0, 0.1) is 11.6 Å². The number of hydrogen-bond acceptors (Lipinski definition) is 5. The van der Waals surface area contributed by atoms with E-state index in [2.05, 4.69) is 0 Å². The van der Waals surface area contributed by atoms with Crippen LogP contribution in [0.5, 0.6) is 0 Å². The lowest BCUT2D eigenvalue weighted by molar-refractivity contribution is -0.146. The molecule has 4 unspecified atom stereocenters. The van der Waals surface area contributed by atoms with Crippen molar-refractivity contribution in [2.75, 3.05) is 6.54 Å². The van der Waals surface area contributed by atoms with Crippen molar-refractivity contribution < 1.29 is 33.0 Å². The Morgan fingerprint density at radius 1 is 1.11 bits per heavy atom. The fourth-order valence-corrected chi connectivity index (χ4v) is 5.83. The smallest absolute Gasteiger partial charge is 0.410 e. The molecule has 38 heavy (non-hydrogen) atoms. The number of ether oxygens (including phenoxy) is 2. The summed E-state index contributed by atoms with van der Waals surface area (Å²) in [6.45, 7) is 10.1. The molecular formula is C29H36F2N2O5. The number of hydrogen-bond donors (Lipinski definition) is 1. The molecule has 206 valence electrons. The second-order valence-electron chi connectivity index (χ2n) is 11.7. The Balaban J connectivity index is 1.77. The van der Waals surface area contributed by atoms with Crippen molar-refractivity contribution >= 4 is 12.0 Å². The van der Waals surface area contributed by atoms with E-state index >= 15 is 0 Å². The molecule has 2 aliphatic heterocycles. The van der Waals surface area contributed by atoms with Crippen LogP contribution >= 0.6 is 0 Å². The SMILES string of the molecule is CC(=O)N1C(Cc2cc(F)cc(F)c2)C(C2CC(O)(c3ccccc3)CN2C(=O)OC(C)(C)C)OC1(C)C. The first kappa shape index (κ1) is 28.0. The van der Waals surface area contributed by atoms with Crippen LogP contribution in [-0.4, -0.2) is 63.0 Å². The van der Waals surface area contributed by atoms with E-state index in [1.807, 2.05) is 18.2 Å². The molecule has 2 heterocycles. The fraction of sp³-hybridized carbons (Fsp3) is 0.517. The van der Waals surface area contributed by atoms with E-state index in [0.717, 1.165) is 6.07 Å².